The summed E-state index contributed by atoms with van der Waals surface area (Å²) < 4.78 is 7.80. The molecule has 2 aromatic heterocycles. The van der Waals surface area contributed by atoms with Gasteiger partial charge in [-0.05, 0) is 29.1 Å². The van der Waals surface area contributed by atoms with Crippen molar-refractivity contribution in [3.8, 4) is 5.69 Å². The predicted molar refractivity (Wildman–Crippen MR) is 98.1 cm³/mol. The standard InChI is InChI=1S/C19H19N3O2S/c1-13(18-14-7-11-25-17(14)6-10-24-18)19(23)21-15-4-2-3-5-16(15)22-9-8-20-12-22/h2-5,7-9,11-13,18H,6,10H2,1H3,(H,21,23)/t13-,18+/m0/s1. The predicted octanol–water partition coefficient (Wildman–Crippen LogP) is 3.82. The van der Waals surface area contributed by atoms with Gasteiger partial charge in [-0.3, -0.25) is 4.79 Å². The molecule has 1 aliphatic heterocycles. The molecule has 0 aliphatic carbocycles. The van der Waals surface area contributed by atoms with Crippen molar-refractivity contribution >= 4 is 22.9 Å². The normalized spacial score (nSPS) is 17.7. The molecule has 0 spiro atoms. The minimum Gasteiger partial charge on any atom is -0.372 e. The van der Waals surface area contributed by atoms with Gasteiger partial charge in [0.15, 0.2) is 0 Å². The highest BCUT2D eigenvalue weighted by atomic mass is 32.1. The van der Waals surface area contributed by atoms with E-state index in [2.05, 4.69) is 21.7 Å². The maximum absolute atomic E-state index is 12.9. The molecule has 1 aromatic carbocycles. The van der Waals surface area contributed by atoms with E-state index in [0.717, 1.165) is 23.4 Å². The van der Waals surface area contributed by atoms with Gasteiger partial charge < -0.3 is 14.6 Å². The van der Waals surface area contributed by atoms with E-state index in [9.17, 15) is 4.79 Å². The van der Waals surface area contributed by atoms with Gasteiger partial charge in [-0.1, -0.05) is 19.1 Å². The van der Waals surface area contributed by atoms with Crippen LogP contribution in [-0.2, 0) is 16.0 Å². The molecule has 25 heavy (non-hydrogen) atoms. The molecular weight excluding hydrogens is 334 g/mol. The van der Waals surface area contributed by atoms with Crippen molar-refractivity contribution in [1.82, 2.24) is 9.55 Å². The molecule has 2 atom stereocenters. The van der Waals surface area contributed by atoms with Crippen molar-refractivity contribution in [2.24, 2.45) is 5.92 Å². The summed E-state index contributed by atoms with van der Waals surface area (Å²) in [5, 5.41) is 5.13. The smallest absolute Gasteiger partial charge is 0.230 e. The summed E-state index contributed by atoms with van der Waals surface area (Å²) in [6.45, 7) is 2.59. The molecule has 0 radical (unpaired) electrons. The Labute approximate surface area is 150 Å². The Morgan fingerprint density at radius 3 is 3.12 bits per heavy atom. The van der Waals surface area contributed by atoms with E-state index in [1.165, 1.54) is 4.88 Å². The van der Waals surface area contributed by atoms with E-state index in [0.29, 0.717) is 6.61 Å². The fourth-order valence-electron chi connectivity index (χ4n) is 3.18. The number of carbonyl (C=O) groups excluding carboxylic acids is 1. The van der Waals surface area contributed by atoms with E-state index < -0.39 is 0 Å². The lowest BCUT2D eigenvalue weighted by atomic mass is 9.94. The van der Waals surface area contributed by atoms with Gasteiger partial charge in [0.05, 0.1) is 36.3 Å². The second-order valence-electron chi connectivity index (χ2n) is 6.11. The molecule has 3 aromatic rings. The number of para-hydroxylation sites is 2. The molecule has 1 aliphatic rings. The number of hydrogen-bond acceptors (Lipinski definition) is 4. The third-order valence-electron chi connectivity index (χ3n) is 4.53. The molecule has 4 rings (SSSR count). The zero-order valence-electron chi connectivity index (χ0n) is 13.9. The van der Waals surface area contributed by atoms with Gasteiger partial charge in [-0.15, -0.1) is 11.3 Å². The first-order chi connectivity index (χ1) is 12.2. The molecular formula is C19H19N3O2S. The highest BCUT2D eigenvalue weighted by Crippen LogP contribution is 2.36. The number of ether oxygens (including phenoxy) is 1. The van der Waals surface area contributed by atoms with E-state index in [4.69, 9.17) is 4.74 Å². The lowest BCUT2D eigenvalue weighted by molar-refractivity contribution is -0.125. The molecule has 128 valence electrons. The van der Waals surface area contributed by atoms with E-state index in [1.807, 2.05) is 42.0 Å². The third-order valence-corrected chi connectivity index (χ3v) is 5.52. The summed E-state index contributed by atoms with van der Waals surface area (Å²) in [7, 11) is 0. The number of fused-ring (bicyclic) bond motifs is 1. The summed E-state index contributed by atoms with van der Waals surface area (Å²) in [5.41, 5.74) is 2.81. The molecule has 0 saturated carbocycles. The number of amides is 1. The van der Waals surface area contributed by atoms with Gasteiger partial charge in [0.2, 0.25) is 5.91 Å². The van der Waals surface area contributed by atoms with Crippen molar-refractivity contribution in [3.63, 3.8) is 0 Å². The Kier molecular flexibility index (Phi) is 4.38. The van der Waals surface area contributed by atoms with Crippen LogP contribution in [0.1, 0.15) is 23.5 Å². The van der Waals surface area contributed by atoms with Crippen molar-refractivity contribution < 1.29 is 9.53 Å². The Morgan fingerprint density at radius 2 is 2.28 bits per heavy atom. The molecule has 0 saturated heterocycles. The Morgan fingerprint density at radius 1 is 1.40 bits per heavy atom. The average molecular weight is 353 g/mol. The van der Waals surface area contributed by atoms with Gasteiger partial charge in [0.1, 0.15) is 0 Å². The van der Waals surface area contributed by atoms with Crippen molar-refractivity contribution in [1.29, 1.82) is 0 Å². The second kappa shape index (κ2) is 6.82. The average Bonchev–Trinajstić information content (AvgIpc) is 3.32. The van der Waals surface area contributed by atoms with Crippen LogP contribution in [0.4, 0.5) is 5.69 Å². The number of nitrogens with one attached hydrogen (secondary N) is 1. The van der Waals surface area contributed by atoms with Crippen LogP contribution in [0.5, 0.6) is 0 Å². The summed E-state index contributed by atoms with van der Waals surface area (Å²) in [5.74, 6) is -0.318. The summed E-state index contributed by atoms with van der Waals surface area (Å²) in [6.07, 6.45) is 6.04. The monoisotopic (exact) mass is 353 g/mol. The number of aromatic nitrogens is 2. The van der Waals surface area contributed by atoms with Crippen LogP contribution in [0.2, 0.25) is 0 Å². The Balaban J connectivity index is 1.56. The SMILES string of the molecule is C[C@H](C(=O)Nc1ccccc1-n1ccnc1)[C@H]1OCCc2sccc21. The van der Waals surface area contributed by atoms with Gasteiger partial charge in [0.25, 0.3) is 0 Å². The fourth-order valence-corrected chi connectivity index (χ4v) is 4.08. The van der Waals surface area contributed by atoms with E-state index in [1.54, 1.807) is 23.9 Å². The molecule has 1 N–H and O–H groups in total. The van der Waals surface area contributed by atoms with Crippen LogP contribution in [0, 0.1) is 5.92 Å². The Bertz CT molecular complexity index is 872. The van der Waals surface area contributed by atoms with Crippen LogP contribution in [0.3, 0.4) is 0 Å². The number of imidazole rings is 1. The fraction of sp³-hybridized carbons (Fsp3) is 0.263. The Hall–Kier alpha value is -2.44. The lowest BCUT2D eigenvalue weighted by Crippen LogP contribution is -2.30. The molecule has 1 amide bonds. The molecule has 6 heteroatoms. The molecule has 0 bridgehead atoms. The molecule has 3 heterocycles. The zero-order valence-corrected chi connectivity index (χ0v) is 14.7. The van der Waals surface area contributed by atoms with E-state index >= 15 is 0 Å². The van der Waals surface area contributed by atoms with E-state index in [-0.39, 0.29) is 17.9 Å². The first kappa shape index (κ1) is 16.1. The molecule has 5 nitrogen and oxygen atoms in total. The number of carbonyl (C=O) groups is 1. The van der Waals surface area contributed by atoms with Crippen LogP contribution >= 0.6 is 11.3 Å². The maximum atomic E-state index is 12.9. The topological polar surface area (TPSA) is 56.2 Å². The first-order valence-electron chi connectivity index (χ1n) is 8.30. The van der Waals surface area contributed by atoms with Crippen molar-refractivity contribution in [3.05, 3.63) is 64.9 Å². The van der Waals surface area contributed by atoms with Crippen molar-refractivity contribution in [2.45, 2.75) is 19.4 Å². The van der Waals surface area contributed by atoms with Gasteiger partial charge >= 0.3 is 0 Å². The largest absolute Gasteiger partial charge is 0.372 e. The molecule has 0 unspecified atom stereocenters. The van der Waals surface area contributed by atoms with Crippen LogP contribution in [-0.4, -0.2) is 22.1 Å². The van der Waals surface area contributed by atoms with Gasteiger partial charge in [-0.25, -0.2) is 4.98 Å². The number of nitrogens with zero attached hydrogens (tertiary/aromatic N) is 2. The first-order valence-corrected chi connectivity index (χ1v) is 9.18. The highest BCUT2D eigenvalue weighted by molar-refractivity contribution is 7.10. The van der Waals surface area contributed by atoms with Crippen molar-refractivity contribution in [2.75, 3.05) is 11.9 Å². The second-order valence-corrected chi connectivity index (χ2v) is 7.11. The third kappa shape index (κ3) is 3.10. The number of anilines is 1. The summed E-state index contributed by atoms with van der Waals surface area (Å²) in [4.78, 5) is 18.3. The van der Waals surface area contributed by atoms with Crippen LogP contribution in [0.25, 0.3) is 5.69 Å². The number of thiophene rings is 1. The highest BCUT2D eigenvalue weighted by Gasteiger charge is 2.31. The number of rotatable bonds is 4. The molecule has 0 fully saturated rings. The minimum atomic E-state index is -0.274. The summed E-state index contributed by atoms with van der Waals surface area (Å²) in [6, 6.07) is 9.78. The minimum absolute atomic E-state index is 0.0448. The van der Waals surface area contributed by atoms with Crippen LogP contribution < -0.4 is 5.32 Å². The zero-order chi connectivity index (χ0) is 17.2. The lowest BCUT2D eigenvalue weighted by Gasteiger charge is -2.28. The summed E-state index contributed by atoms with van der Waals surface area (Å²) >= 11 is 1.74. The number of hydrogen-bond donors (Lipinski definition) is 1. The number of benzene rings is 1. The maximum Gasteiger partial charge on any atom is 0.230 e. The van der Waals surface area contributed by atoms with Gasteiger partial charge in [-0.2, -0.15) is 0 Å². The van der Waals surface area contributed by atoms with Gasteiger partial charge in [0, 0.05) is 23.7 Å². The quantitative estimate of drug-likeness (QED) is 0.776. The van der Waals surface area contributed by atoms with Crippen LogP contribution in [0.15, 0.2) is 54.4 Å².